The molecule has 3 heteroatoms. The third kappa shape index (κ3) is 5.09. The molecule has 0 aliphatic heterocycles. The lowest BCUT2D eigenvalue weighted by molar-refractivity contribution is 0.186. The molecule has 80 valence electrons. The molecule has 0 atom stereocenters. The second-order valence-electron chi connectivity index (χ2n) is 3.57. The zero-order chi connectivity index (χ0) is 10.2. The minimum atomic E-state index is 0.150. The molecule has 0 aliphatic carbocycles. The molecule has 0 unspecified atom stereocenters. The van der Waals surface area contributed by atoms with Gasteiger partial charge < -0.3 is 4.74 Å². The van der Waals surface area contributed by atoms with Gasteiger partial charge in [-0.1, -0.05) is 13.3 Å². The van der Waals surface area contributed by atoms with Gasteiger partial charge in [0.1, 0.15) is 0 Å². The van der Waals surface area contributed by atoms with Gasteiger partial charge >= 0.3 is 0 Å². The first-order valence-corrected chi connectivity index (χ1v) is 5.92. The van der Waals surface area contributed by atoms with Crippen molar-refractivity contribution in [2.45, 2.75) is 32.6 Å². The van der Waals surface area contributed by atoms with E-state index in [-0.39, 0.29) is 5.41 Å². The molecular weight excluding hydrogens is 207 g/mol. The first-order chi connectivity index (χ1) is 6.24. The van der Waals surface area contributed by atoms with E-state index < -0.39 is 0 Å². The van der Waals surface area contributed by atoms with Crippen molar-refractivity contribution < 1.29 is 4.74 Å². The van der Waals surface area contributed by atoms with E-state index in [1.54, 1.807) is 7.11 Å². The molecule has 0 aliphatic rings. The number of hydrogen-bond donors (Lipinski definition) is 0. The van der Waals surface area contributed by atoms with Crippen molar-refractivity contribution in [1.82, 2.24) is 0 Å². The van der Waals surface area contributed by atoms with Crippen molar-refractivity contribution in [3.8, 4) is 0 Å². The van der Waals surface area contributed by atoms with E-state index in [4.69, 9.17) is 27.9 Å². The van der Waals surface area contributed by atoms with Gasteiger partial charge in [0.05, 0.1) is 0 Å². The van der Waals surface area contributed by atoms with E-state index in [9.17, 15) is 0 Å². The highest BCUT2D eigenvalue weighted by Crippen LogP contribution is 2.31. The Morgan fingerprint density at radius 1 is 1.15 bits per heavy atom. The summed E-state index contributed by atoms with van der Waals surface area (Å²) in [6, 6.07) is 0. The molecule has 0 aromatic heterocycles. The van der Waals surface area contributed by atoms with Crippen molar-refractivity contribution in [3.05, 3.63) is 0 Å². The van der Waals surface area contributed by atoms with Crippen LogP contribution in [0.15, 0.2) is 0 Å². The van der Waals surface area contributed by atoms with Crippen LogP contribution in [0.5, 0.6) is 0 Å². The summed E-state index contributed by atoms with van der Waals surface area (Å²) in [5.41, 5.74) is 0.150. The molecule has 0 amide bonds. The van der Waals surface area contributed by atoms with E-state index in [1.165, 1.54) is 0 Å². The van der Waals surface area contributed by atoms with Crippen LogP contribution >= 0.6 is 23.2 Å². The largest absolute Gasteiger partial charge is 0.385 e. The Morgan fingerprint density at radius 2 is 1.77 bits per heavy atom. The third-order valence-electron chi connectivity index (χ3n) is 2.62. The van der Waals surface area contributed by atoms with Crippen LogP contribution in [-0.4, -0.2) is 25.5 Å². The number of hydrogen-bond acceptors (Lipinski definition) is 1. The Balaban J connectivity index is 3.68. The minimum absolute atomic E-state index is 0.150. The first kappa shape index (κ1) is 13.5. The summed E-state index contributed by atoms with van der Waals surface area (Å²) in [5, 5.41) is 0. The molecule has 0 radical (unpaired) electrons. The Hall–Kier alpha value is 0.540. The number of halogens is 2. The molecular formula is C10H20Cl2O. The van der Waals surface area contributed by atoms with E-state index in [0.29, 0.717) is 11.8 Å². The number of alkyl halides is 2. The monoisotopic (exact) mass is 226 g/mol. The lowest BCUT2D eigenvalue weighted by Crippen LogP contribution is -2.24. The Bertz CT molecular complexity index is 105. The second-order valence-corrected chi connectivity index (χ2v) is 4.11. The third-order valence-corrected chi connectivity index (χ3v) is 3.76. The first-order valence-electron chi connectivity index (χ1n) is 4.85. The van der Waals surface area contributed by atoms with Crippen molar-refractivity contribution in [2.75, 3.05) is 25.5 Å². The molecule has 1 nitrogen and oxygen atoms in total. The summed E-state index contributed by atoms with van der Waals surface area (Å²) in [5.74, 6) is 1.33. The van der Waals surface area contributed by atoms with Crippen LogP contribution in [0.25, 0.3) is 0 Å². The zero-order valence-electron chi connectivity index (χ0n) is 8.61. The number of methoxy groups -OCH3 is 1. The molecule has 0 saturated heterocycles. The summed E-state index contributed by atoms with van der Waals surface area (Å²) in [7, 11) is 1.73. The van der Waals surface area contributed by atoms with Crippen LogP contribution in [0, 0.1) is 5.41 Å². The zero-order valence-corrected chi connectivity index (χ0v) is 10.1. The molecule has 13 heavy (non-hydrogen) atoms. The van der Waals surface area contributed by atoms with Gasteiger partial charge in [0.15, 0.2) is 0 Å². The summed E-state index contributed by atoms with van der Waals surface area (Å²) in [4.78, 5) is 0. The summed E-state index contributed by atoms with van der Waals surface area (Å²) >= 11 is 11.8. The highest BCUT2D eigenvalue weighted by molar-refractivity contribution is 6.21. The van der Waals surface area contributed by atoms with E-state index in [1.807, 2.05) is 0 Å². The van der Waals surface area contributed by atoms with Gasteiger partial charge in [-0.3, -0.25) is 0 Å². The second kappa shape index (κ2) is 7.90. The summed E-state index contributed by atoms with van der Waals surface area (Å²) in [6.45, 7) is 2.99. The van der Waals surface area contributed by atoms with E-state index in [0.717, 1.165) is 32.3 Å². The predicted octanol–water partition coefficient (Wildman–Crippen LogP) is 3.68. The average molecular weight is 227 g/mol. The molecule has 0 spiro atoms. The molecule has 0 bridgehead atoms. The van der Waals surface area contributed by atoms with Gasteiger partial charge in [0.25, 0.3) is 0 Å². The lowest BCUT2D eigenvalue weighted by atomic mass is 9.84. The normalized spacial score (nSPS) is 12.0. The Morgan fingerprint density at radius 3 is 2.15 bits per heavy atom. The maximum absolute atomic E-state index is 5.92. The van der Waals surface area contributed by atoms with Crippen molar-refractivity contribution in [1.29, 1.82) is 0 Å². The average Bonchev–Trinajstić information content (AvgIpc) is 2.20. The Labute approximate surface area is 91.7 Å². The number of unbranched alkanes of at least 4 members (excludes halogenated alkanes) is 1. The maximum atomic E-state index is 5.92. The lowest BCUT2D eigenvalue weighted by Gasteiger charge is -2.27. The van der Waals surface area contributed by atoms with Gasteiger partial charge in [0, 0.05) is 25.5 Å². The molecule has 0 rings (SSSR count). The van der Waals surface area contributed by atoms with Crippen LogP contribution < -0.4 is 0 Å². The molecule has 0 heterocycles. The SMILES string of the molecule is CCC(CCl)(CCl)CCCCOC. The van der Waals surface area contributed by atoms with Gasteiger partial charge in [-0.2, -0.15) is 0 Å². The van der Waals surface area contributed by atoms with Crippen molar-refractivity contribution in [3.63, 3.8) is 0 Å². The molecule has 0 saturated carbocycles. The smallest absolute Gasteiger partial charge is 0.0462 e. The maximum Gasteiger partial charge on any atom is 0.0462 e. The van der Waals surface area contributed by atoms with Crippen LogP contribution in [0.3, 0.4) is 0 Å². The summed E-state index contributed by atoms with van der Waals surface area (Å²) < 4.78 is 4.99. The standard InChI is InChI=1S/C10H20Cl2O/c1-3-10(8-11,9-12)6-4-5-7-13-2/h3-9H2,1-2H3. The van der Waals surface area contributed by atoms with Gasteiger partial charge in [-0.25, -0.2) is 0 Å². The predicted molar refractivity (Wildman–Crippen MR) is 59.9 cm³/mol. The van der Waals surface area contributed by atoms with Gasteiger partial charge in [-0.15, -0.1) is 23.2 Å². The fraction of sp³-hybridized carbons (Fsp3) is 1.00. The topological polar surface area (TPSA) is 9.23 Å². The Kier molecular flexibility index (Phi) is 8.23. The fourth-order valence-corrected chi connectivity index (χ4v) is 2.21. The van der Waals surface area contributed by atoms with Gasteiger partial charge in [-0.05, 0) is 24.7 Å². The van der Waals surface area contributed by atoms with Crippen LogP contribution in [0.1, 0.15) is 32.6 Å². The van der Waals surface area contributed by atoms with Crippen LogP contribution in [0.4, 0.5) is 0 Å². The molecule has 0 aromatic rings. The van der Waals surface area contributed by atoms with Crippen LogP contribution in [-0.2, 0) is 4.74 Å². The highest BCUT2D eigenvalue weighted by Gasteiger charge is 2.25. The molecule has 0 N–H and O–H groups in total. The van der Waals surface area contributed by atoms with Crippen LogP contribution in [0.2, 0.25) is 0 Å². The van der Waals surface area contributed by atoms with E-state index >= 15 is 0 Å². The van der Waals surface area contributed by atoms with Crippen molar-refractivity contribution in [2.24, 2.45) is 5.41 Å². The number of rotatable bonds is 8. The molecule has 0 aromatic carbocycles. The quantitative estimate of drug-likeness (QED) is 0.454. The van der Waals surface area contributed by atoms with E-state index in [2.05, 4.69) is 6.92 Å². The molecule has 0 fully saturated rings. The number of ether oxygens (including phenoxy) is 1. The minimum Gasteiger partial charge on any atom is -0.385 e. The summed E-state index contributed by atoms with van der Waals surface area (Å²) in [6.07, 6.45) is 4.43. The van der Waals surface area contributed by atoms with Crippen molar-refractivity contribution >= 4 is 23.2 Å². The highest BCUT2D eigenvalue weighted by atomic mass is 35.5. The van der Waals surface area contributed by atoms with Gasteiger partial charge in [0.2, 0.25) is 0 Å². The fourth-order valence-electron chi connectivity index (χ4n) is 1.28.